The molecule has 0 fully saturated rings. The normalized spacial score (nSPS) is 11.5. The standard InChI is InChI=1S/C16H26N2O2/c1-12(2)13-6-5-7-14(10-13)18-15(20)17-11-16(3,4)8-9-19/h5-7,10,12,19H,8-9,11H2,1-4H3,(H2,17,18,20). The van der Waals surface area contributed by atoms with E-state index in [0.29, 0.717) is 18.9 Å². The van der Waals surface area contributed by atoms with Crippen molar-refractivity contribution in [3.8, 4) is 0 Å². The molecule has 0 aliphatic rings. The molecular formula is C16H26N2O2. The number of nitrogens with one attached hydrogen (secondary N) is 2. The van der Waals surface area contributed by atoms with Gasteiger partial charge in [-0.25, -0.2) is 4.79 Å². The summed E-state index contributed by atoms with van der Waals surface area (Å²) in [6.45, 7) is 8.94. The van der Waals surface area contributed by atoms with E-state index in [-0.39, 0.29) is 18.1 Å². The van der Waals surface area contributed by atoms with Crippen LogP contribution in [0, 0.1) is 5.41 Å². The second-order valence-electron chi connectivity index (χ2n) is 6.23. The van der Waals surface area contributed by atoms with Gasteiger partial charge in [0, 0.05) is 18.8 Å². The molecule has 0 aliphatic carbocycles. The molecule has 4 nitrogen and oxygen atoms in total. The van der Waals surface area contributed by atoms with Crippen LogP contribution >= 0.6 is 0 Å². The van der Waals surface area contributed by atoms with Crippen molar-refractivity contribution < 1.29 is 9.90 Å². The van der Waals surface area contributed by atoms with Gasteiger partial charge in [0.05, 0.1) is 0 Å². The summed E-state index contributed by atoms with van der Waals surface area (Å²) in [7, 11) is 0. The van der Waals surface area contributed by atoms with E-state index < -0.39 is 0 Å². The maximum atomic E-state index is 11.9. The van der Waals surface area contributed by atoms with E-state index in [1.807, 2.05) is 32.0 Å². The number of carbonyl (C=O) groups excluding carboxylic acids is 1. The highest BCUT2D eigenvalue weighted by atomic mass is 16.3. The smallest absolute Gasteiger partial charge is 0.319 e. The molecule has 1 aromatic carbocycles. The average molecular weight is 278 g/mol. The van der Waals surface area contributed by atoms with E-state index in [0.717, 1.165) is 5.69 Å². The van der Waals surface area contributed by atoms with Gasteiger partial charge in [-0.05, 0) is 35.4 Å². The van der Waals surface area contributed by atoms with Crippen LogP contribution in [-0.4, -0.2) is 24.3 Å². The van der Waals surface area contributed by atoms with Gasteiger partial charge in [0.15, 0.2) is 0 Å². The van der Waals surface area contributed by atoms with Crippen molar-refractivity contribution in [3.05, 3.63) is 29.8 Å². The number of hydrogen-bond donors (Lipinski definition) is 3. The Morgan fingerprint density at radius 1 is 1.35 bits per heavy atom. The van der Waals surface area contributed by atoms with Crippen molar-refractivity contribution in [2.45, 2.75) is 40.0 Å². The molecule has 20 heavy (non-hydrogen) atoms. The Morgan fingerprint density at radius 2 is 2.05 bits per heavy atom. The summed E-state index contributed by atoms with van der Waals surface area (Å²) in [4.78, 5) is 11.9. The van der Waals surface area contributed by atoms with E-state index in [1.165, 1.54) is 5.56 Å². The predicted molar refractivity (Wildman–Crippen MR) is 83.0 cm³/mol. The fourth-order valence-corrected chi connectivity index (χ4v) is 1.86. The van der Waals surface area contributed by atoms with Crippen LogP contribution in [0.2, 0.25) is 0 Å². The first-order valence-electron chi connectivity index (χ1n) is 7.10. The second kappa shape index (κ2) is 7.29. The Hall–Kier alpha value is -1.55. The topological polar surface area (TPSA) is 61.4 Å². The minimum Gasteiger partial charge on any atom is -0.396 e. The Kier molecular flexibility index (Phi) is 6.02. The van der Waals surface area contributed by atoms with Crippen LogP contribution in [-0.2, 0) is 0 Å². The SMILES string of the molecule is CC(C)c1cccc(NC(=O)NCC(C)(C)CCO)c1. The number of aliphatic hydroxyl groups excluding tert-OH is 1. The van der Waals surface area contributed by atoms with Crippen molar-refractivity contribution in [2.75, 3.05) is 18.5 Å². The molecule has 0 aromatic heterocycles. The van der Waals surface area contributed by atoms with Crippen LogP contribution in [0.3, 0.4) is 0 Å². The number of anilines is 1. The number of aliphatic hydroxyl groups is 1. The van der Waals surface area contributed by atoms with Gasteiger partial charge in [0.25, 0.3) is 0 Å². The fraction of sp³-hybridized carbons (Fsp3) is 0.562. The molecule has 1 rings (SSSR count). The third kappa shape index (κ3) is 5.61. The van der Waals surface area contributed by atoms with Gasteiger partial charge in [0.2, 0.25) is 0 Å². The lowest BCUT2D eigenvalue weighted by molar-refractivity contribution is 0.204. The number of amides is 2. The minimum absolute atomic E-state index is 0.105. The number of carbonyl (C=O) groups is 1. The molecule has 112 valence electrons. The van der Waals surface area contributed by atoms with Gasteiger partial charge in [-0.2, -0.15) is 0 Å². The fourth-order valence-electron chi connectivity index (χ4n) is 1.86. The van der Waals surface area contributed by atoms with Crippen LogP contribution in [0.4, 0.5) is 10.5 Å². The summed E-state index contributed by atoms with van der Waals surface area (Å²) < 4.78 is 0. The highest BCUT2D eigenvalue weighted by Crippen LogP contribution is 2.19. The van der Waals surface area contributed by atoms with E-state index in [2.05, 4.69) is 30.5 Å². The Balaban J connectivity index is 2.52. The molecule has 2 amide bonds. The maximum Gasteiger partial charge on any atom is 0.319 e. The molecule has 0 radical (unpaired) electrons. The van der Waals surface area contributed by atoms with Crippen molar-refractivity contribution in [1.82, 2.24) is 5.32 Å². The van der Waals surface area contributed by atoms with Gasteiger partial charge in [-0.3, -0.25) is 0 Å². The average Bonchev–Trinajstić information content (AvgIpc) is 2.37. The van der Waals surface area contributed by atoms with Crippen LogP contribution in [0.15, 0.2) is 24.3 Å². The lowest BCUT2D eigenvalue weighted by atomic mass is 9.90. The first kappa shape index (κ1) is 16.5. The number of hydrogen-bond acceptors (Lipinski definition) is 2. The lowest BCUT2D eigenvalue weighted by Crippen LogP contribution is -2.37. The molecule has 0 saturated heterocycles. The van der Waals surface area contributed by atoms with Crippen LogP contribution in [0.1, 0.15) is 45.6 Å². The summed E-state index contributed by atoms with van der Waals surface area (Å²) in [6, 6.07) is 7.66. The quantitative estimate of drug-likeness (QED) is 0.747. The van der Waals surface area contributed by atoms with Crippen molar-refractivity contribution in [1.29, 1.82) is 0 Å². The number of benzene rings is 1. The van der Waals surface area contributed by atoms with Gasteiger partial charge < -0.3 is 15.7 Å². The molecular weight excluding hydrogens is 252 g/mol. The van der Waals surface area contributed by atoms with E-state index in [9.17, 15) is 4.79 Å². The van der Waals surface area contributed by atoms with E-state index in [1.54, 1.807) is 0 Å². The third-order valence-corrected chi connectivity index (χ3v) is 3.33. The molecule has 0 unspecified atom stereocenters. The Morgan fingerprint density at radius 3 is 2.65 bits per heavy atom. The molecule has 1 aromatic rings. The Labute approximate surface area is 121 Å². The lowest BCUT2D eigenvalue weighted by Gasteiger charge is -2.23. The highest BCUT2D eigenvalue weighted by Gasteiger charge is 2.18. The third-order valence-electron chi connectivity index (χ3n) is 3.33. The zero-order valence-corrected chi connectivity index (χ0v) is 12.9. The van der Waals surface area contributed by atoms with Crippen LogP contribution in [0.25, 0.3) is 0 Å². The minimum atomic E-state index is -0.211. The number of rotatable bonds is 6. The first-order chi connectivity index (χ1) is 9.34. The molecule has 4 heteroatoms. The molecule has 0 aliphatic heterocycles. The zero-order chi connectivity index (χ0) is 15.2. The van der Waals surface area contributed by atoms with Crippen molar-refractivity contribution in [3.63, 3.8) is 0 Å². The Bertz CT molecular complexity index is 442. The van der Waals surface area contributed by atoms with Crippen molar-refractivity contribution >= 4 is 11.7 Å². The molecule has 0 saturated carbocycles. The number of urea groups is 1. The van der Waals surface area contributed by atoms with Crippen LogP contribution < -0.4 is 10.6 Å². The zero-order valence-electron chi connectivity index (χ0n) is 12.9. The van der Waals surface area contributed by atoms with Gasteiger partial charge in [0.1, 0.15) is 0 Å². The van der Waals surface area contributed by atoms with Crippen LogP contribution in [0.5, 0.6) is 0 Å². The summed E-state index contributed by atoms with van der Waals surface area (Å²) in [5.74, 6) is 0.434. The van der Waals surface area contributed by atoms with E-state index >= 15 is 0 Å². The summed E-state index contributed by atoms with van der Waals surface area (Å²) >= 11 is 0. The molecule has 0 atom stereocenters. The summed E-state index contributed by atoms with van der Waals surface area (Å²) in [6.07, 6.45) is 0.663. The first-order valence-corrected chi connectivity index (χ1v) is 7.10. The van der Waals surface area contributed by atoms with Gasteiger partial charge in [-0.1, -0.05) is 39.8 Å². The largest absolute Gasteiger partial charge is 0.396 e. The molecule has 3 N–H and O–H groups in total. The van der Waals surface area contributed by atoms with Crippen molar-refractivity contribution in [2.24, 2.45) is 5.41 Å². The summed E-state index contributed by atoms with van der Waals surface area (Å²) in [5, 5.41) is 14.6. The maximum absolute atomic E-state index is 11.9. The predicted octanol–water partition coefficient (Wildman–Crippen LogP) is 3.34. The van der Waals surface area contributed by atoms with Gasteiger partial charge in [-0.15, -0.1) is 0 Å². The second-order valence-corrected chi connectivity index (χ2v) is 6.23. The monoisotopic (exact) mass is 278 g/mol. The molecule has 0 heterocycles. The van der Waals surface area contributed by atoms with Gasteiger partial charge >= 0.3 is 6.03 Å². The highest BCUT2D eigenvalue weighted by molar-refractivity contribution is 5.89. The molecule has 0 spiro atoms. The molecule has 0 bridgehead atoms. The van der Waals surface area contributed by atoms with E-state index in [4.69, 9.17) is 5.11 Å². The summed E-state index contributed by atoms with van der Waals surface area (Å²) in [5.41, 5.74) is 1.89.